The largest absolute Gasteiger partial charge is 0.494 e. The van der Waals surface area contributed by atoms with Crippen molar-refractivity contribution in [2.75, 3.05) is 20.8 Å². The van der Waals surface area contributed by atoms with Crippen molar-refractivity contribution in [2.45, 2.75) is 51.2 Å². The Morgan fingerprint density at radius 1 is 1.33 bits per heavy atom. The standard InChI is InChI=1S/C18H29NO2/c1-5-21-16-8-6-7-15(13-16)17(19-3)18(20-4)11-9-14(2)10-12-18/h6-8,13-14,17,19H,5,9-12H2,1-4H3. The zero-order valence-electron chi connectivity index (χ0n) is 13.8. The van der Waals surface area contributed by atoms with E-state index in [1.54, 1.807) is 0 Å². The van der Waals surface area contributed by atoms with Gasteiger partial charge in [0.05, 0.1) is 18.2 Å². The van der Waals surface area contributed by atoms with Crippen molar-refractivity contribution in [1.82, 2.24) is 5.32 Å². The van der Waals surface area contributed by atoms with Crippen LogP contribution in [0, 0.1) is 5.92 Å². The lowest BCUT2D eigenvalue weighted by Crippen LogP contribution is -2.46. The van der Waals surface area contributed by atoms with Crippen LogP contribution in [-0.4, -0.2) is 26.4 Å². The molecule has 1 unspecified atom stereocenters. The fraction of sp³-hybridized carbons (Fsp3) is 0.667. The average molecular weight is 291 g/mol. The maximum absolute atomic E-state index is 6.03. The first kappa shape index (κ1) is 16.3. The van der Waals surface area contributed by atoms with Crippen LogP contribution < -0.4 is 10.1 Å². The Labute approximate surface area is 129 Å². The minimum Gasteiger partial charge on any atom is -0.494 e. The Kier molecular flexibility index (Phi) is 5.65. The van der Waals surface area contributed by atoms with Gasteiger partial charge in [0.15, 0.2) is 0 Å². The van der Waals surface area contributed by atoms with E-state index in [0.29, 0.717) is 6.61 Å². The molecule has 118 valence electrons. The number of methoxy groups -OCH3 is 1. The number of hydrogen-bond acceptors (Lipinski definition) is 3. The molecule has 0 spiro atoms. The summed E-state index contributed by atoms with van der Waals surface area (Å²) in [6, 6.07) is 8.60. The topological polar surface area (TPSA) is 30.5 Å². The summed E-state index contributed by atoms with van der Waals surface area (Å²) in [7, 11) is 3.88. The summed E-state index contributed by atoms with van der Waals surface area (Å²) in [5.41, 5.74) is 1.14. The van der Waals surface area contributed by atoms with Gasteiger partial charge in [-0.25, -0.2) is 0 Å². The Morgan fingerprint density at radius 2 is 2.05 bits per heavy atom. The Bertz CT molecular complexity index is 439. The summed E-state index contributed by atoms with van der Waals surface area (Å²) in [6.45, 7) is 5.05. The molecule has 1 aliphatic rings. The first-order chi connectivity index (χ1) is 10.1. The monoisotopic (exact) mass is 291 g/mol. The van der Waals surface area contributed by atoms with Crippen LogP contribution in [0.4, 0.5) is 0 Å². The molecule has 1 aromatic carbocycles. The van der Waals surface area contributed by atoms with Crippen molar-refractivity contribution < 1.29 is 9.47 Å². The SMILES string of the molecule is CCOc1cccc(C(NC)C2(OC)CCC(C)CC2)c1. The molecule has 0 heterocycles. The van der Waals surface area contributed by atoms with E-state index < -0.39 is 0 Å². The van der Waals surface area contributed by atoms with E-state index in [2.05, 4.69) is 30.4 Å². The van der Waals surface area contributed by atoms with Crippen LogP contribution in [0.3, 0.4) is 0 Å². The Hall–Kier alpha value is -1.06. The molecule has 0 aliphatic heterocycles. The molecule has 0 amide bonds. The fourth-order valence-corrected chi connectivity index (χ4v) is 3.55. The van der Waals surface area contributed by atoms with E-state index in [1.165, 1.54) is 18.4 Å². The first-order valence-electron chi connectivity index (χ1n) is 8.10. The zero-order valence-corrected chi connectivity index (χ0v) is 13.8. The maximum Gasteiger partial charge on any atom is 0.119 e. The highest BCUT2D eigenvalue weighted by Crippen LogP contribution is 2.43. The van der Waals surface area contributed by atoms with Gasteiger partial charge in [-0.1, -0.05) is 19.1 Å². The lowest BCUT2D eigenvalue weighted by molar-refractivity contribution is -0.0745. The molecule has 1 aliphatic carbocycles. The number of likely N-dealkylation sites (N-methyl/N-ethyl adjacent to an activating group) is 1. The van der Waals surface area contributed by atoms with Gasteiger partial charge < -0.3 is 14.8 Å². The van der Waals surface area contributed by atoms with Gasteiger partial charge in [0.25, 0.3) is 0 Å². The van der Waals surface area contributed by atoms with Crippen molar-refractivity contribution in [3.05, 3.63) is 29.8 Å². The summed E-state index contributed by atoms with van der Waals surface area (Å²) in [4.78, 5) is 0. The second-order valence-electron chi connectivity index (χ2n) is 6.18. The molecule has 0 bridgehead atoms. The molecule has 3 nitrogen and oxygen atoms in total. The van der Waals surface area contributed by atoms with Crippen LogP contribution in [0.25, 0.3) is 0 Å². The molecular weight excluding hydrogens is 262 g/mol. The van der Waals surface area contributed by atoms with Crippen molar-refractivity contribution in [1.29, 1.82) is 0 Å². The van der Waals surface area contributed by atoms with E-state index in [9.17, 15) is 0 Å². The van der Waals surface area contributed by atoms with Gasteiger partial charge in [-0.15, -0.1) is 0 Å². The van der Waals surface area contributed by atoms with E-state index in [1.807, 2.05) is 27.1 Å². The second kappa shape index (κ2) is 7.28. The zero-order chi connectivity index (χ0) is 15.3. The normalized spacial score (nSPS) is 27.3. The number of ether oxygens (including phenoxy) is 2. The van der Waals surface area contributed by atoms with Crippen LogP contribution in [0.15, 0.2) is 24.3 Å². The van der Waals surface area contributed by atoms with Crippen LogP contribution in [0.5, 0.6) is 5.75 Å². The van der Waals surface area contributed by atoms with Crippen molar-refractivity contribution in [2.24, 2.45) is 5.92 Å². The van der Waals surface area contributed by atoms with Gasteiger partial charge in [-0.05, 0) is 63.3 Å². The summed E-state index contributed by atoms with van der Waals surface area (Å²) >= 11 is 0. The number of hydrogen-bond donors (Lipinski definition) is 1. The third kappa shape index (κ3) is 3.58. The number of rotatable bonds is 6. The predicted octanol–water partition coefficient (Wildman–Crippen LogP) is 3.94. The Balaban J connectivity index is 2.26. The van der Waals surface area contributed by atoms with Crippen molar-refractivity contribution in [3.63, 3.8) is 0 Å². The summed E-state index contributed by atoms with van der Waals surface area (Å²) in [5.74, 6) is 1.74. The molecule has 1 atom stereocenters. The van der Waals surface area contributed by atoms with E-state index >= 15 is 0 Å². The second-order valence-corrected chi connectivity index (χ2v) is 6.18. The van der Waals surface area contributed by atoms with Crippen LogP contribution in [-0.2, 0) is 4.74 Å². The van der Waals surface area contributed by atoms with Crippen molar-refractivity contribution in [3.8, 4) is 5.75 Å². The summed E-state index contributed by atoms with van der Waals surface area (Å²) in [6.07, 6.45) is 4.68. The van der Waals surface area contributed by atoms with E-state index in [0.717, 1.165) is 24.5 Å². The lowest BCUT2D eigenvalue weighted by atomic mass is 9.73. The highest BCUT2D eigenvalue weighted by molar-refractivity contribution is 5.32. The molecule has 3 heteroatoms. The van der Waals surface area contributed by atoms with Gasteiger partial charge >= 0.3 is 0 Å². The minimum atomic E-state index is -0.105. The molecule has 1 fully saturated rings. The van der Waals surface area contributed by atoms with Crippen LogP contribution in [0.1, 0.15) is 51.1 Å². The predicted molar refractivity (Wildman–Crippen MR) is 86.8 cm³/mol. The highest BCUT2D eigenvalue weighted by Gasteiger charge is 2.41. The van der Waals surface area contributed by atoms with Crippen LogP contribution >= 0.6 is 0 Å². The smallest absolute Gasteiger partial charge is 0.119 e. The molecular formula is C18H29NO2. The summed E-state index contributed by atoms with van der Waals surface area (Å²) < 4.78 is 11.7. The third-order valence-corrected chi connectivity index (χ3v) is 4.84. The van der Waals surface area contributed by atoms with Gasteiger partial charge in [0.2, 0.25) is 0 Å². The fourth-order valence-electron chi connectivity index (χ4n) is 3.55. The van der Waals surface area contributed by atoms with Gasteiger partial charge in [0, 0.05) is 7.11 Å². The van der Waals surface area contributed by atoms with Gasteiger partial charge in [-0.3, -0.25) is 0 Å². The number of benzene rings is 1. The first-order valence-corrected chi connectivity index (χ1v) is 8.10. The van der Waals surface area contributed by atoms with E-state index in [4.69, 9.17) is 9.47 Å². The molecule has 0 radical (unpaired) electrons. The minimum absolute atomic E-state index is 0.105. The molecule has 21 heavy (non-hydrogen) atoms. The molecule has 1 aromatic rings. The molecule has 1 N–H and O–H groups in total. The number of nitrogens with one attached hydrogen (secondary N) is 1. The van der Waals surface area contributed by atoms with Crippen LogP contribution in [0.2, 0.25) is 0 Å². The average Bonchev–Trinajstić information content (AvgIpc) is 2.51. The lowest BCUT2D eigenvalue weighted by Gasteiger charge is -2.44. The molecule has 0 aromatic heterocycles. The van der Waals surface area contributed by atoms with Gasteiger partial charge in [-0.2, -0.15) is 0 Å². The maximum atomic E-state index is 6.03. The van der Waals surface area contributed by atoms with Gasteiger partial charge in [0.1, 0.15) is 5.75 Å². The molecule has 1 saturated carbocycles. The van der Waals surface area contributed by atoms with Crippen molar-refractivity contribution >= 4 is 0 Å². The molecule has 0 saturated heterocycles. The van der Waals surface area contributed by atoms with E-state index in [-0.39, 0.29) is 11.6 Å². The molecule has 2 rings (SSSR count). The quantitative estimate of drug-likeness (QED) is 0.861. The summed E-state index contributed by atoms with van der Waals surface area (Å²) in [5, 5.41) is 3.48. The highest BCUT2D eigenvalue weighted by atomic mass is 16.5. The third-order valence-electron chi connectivity index (χ3n) is 4.84. The Morgan fingerprint density at radius 3 is 2.62 bits per heavy atom.